The second-order valence-corrected chi connectivity index (χ2v) is 2.93. The molecule has 0 radical (unpaired) electrons. The van der Waals surface area contributed by atoms with Crippen LogP contribution in [0.15, 0.2) is 18.2 Å². The van der Waals surface area contributed by atoms with Gasteiger partial charge in [0.15, 0.2) is 0 Å². The minimum atomic E-state index is -0.597. The zero-order valence-electron chi connectivity index (χ0n) is 8.13. The number of nitrogens with one attached hydrogen (secondary N) is 2. The third kappa shape index (κ3) is 3.53. The van der Waals surface area contributed by atoms with E-state index in [1.54, 1.807) is 0 Å². The fourth-order valence-corrected chi connectivity index (χ4v) is 1.08. The third-order valence-electron chi connectivity index (χ3n) is 1.70. The maximum absolute atomic E-state index is 10.4. The number of aryl methyl sites for hydroxylation is 2. The number of hydrogen-bond donors (Lipinski definition) is 3. The zero-order chi connectivity index (χ0) is 9.84. The van der Waals surface area contributed by atoms with Gasteiger partial charge in [-0.2, -0.15) is 0 Å². The van der Waals surface area contributed by atoms with Crippen molar-refractivity contribution in [1.82, 2.24) is 5.43 Å². The molecular formula is C9H14ClN3O. The Kier molecular flexibility index (Phi) is 4.80. The summed E-state index contributed by atoms with van der Waals surface area (Å²) in [5.74, 6) is 0. The number of urea groups is 1. The summed E-state index contributed by atoms with van der Waals surface area (Å²) in [5, 5.41) is 0. The number of rotatable bonds is 2. The van der Waals surface area contributed by atoms with E-state index >= 15 is 0 Å². The SMILES string of the molecule is Cc1ccc(NNC(N)=O)c(C)c1.Cl. The van der Waals surface area contributed by atoms with Crippen molar-refractivity contribution in [2.75, 3.05) is 5.43 Å². The molecule has 78 valence electrons. The summed E-state index contributed by atoms with van der Waals surface area (Å²) in [7, 11) is 0. The highest BCUT2D eigenvalue weighted by molar-refractivity contribution is 5.85. The molecule has 0 bridgehead atoms. The molecule has 0 heterocycles. The summed E-state index contributed by atoms with van der Waals surface area (Å²) >= 11 is 0. The van der Waals surface area contributed by atoms with Gasteiger partial charge in [0.2, 0.25) is 0 Å². The van der Waals surface area contributed by atoms with Crippen molar-refractivity contribution < 1.29 is 4.79 Å². The van der Waals surface area contributed by atoms with E-state index in [2.05, 4.69) is 10.9 Å². The molecule has 4 nitrogen and oxygen atoms in total. The van der Waals surface area contributed by atoms with Crippen molar-refractivity contribution in [3.8, 4) is 0 Å². The molecule has 1 aromatic rings. The van der Waals surface area contributed by atoms with E-state index in [1.807, 2.05) is 32.0 Å². The van der Waals surface area contributed by atoms with Crippen molar-refractivity contribution in [3.05, 3.63) is 29.3 Å². The quantitative estimate of drug-likeness (QED) is 0.658. The van der Waals surface area contributed by atoms with E-state index in [-0.39, 0.29) is 12.4 Å². The van der Waals surface area contributed by atoms with Gasteiger partial charge in [0.1, 0.15) is 0 Å². The summed E-state index contributed by atoms with van der Waals surface area (Å²) < 4.78 is 0. The molecule has 2 amide bonds. The molecule has 1 rings (SSSR count). The standard InChI is InChI=1S/C9H13N3O.ClH/c1-6-3-4-8(7(2)5-6)11-12-9(10)13;/h3-5,11H,1-2H3,(H3,10,12,13);1H. The van der Waals surface area contributed by atoms with E-state index in [1.165, 1.54) is 5.56 Å². The average Bonchev–Trinajstić information content (AvgIpc) is 2.02. The summed E-state index contributed by atoms with van der Waals surface area (Å²) in [6.45, 7) is 3.97. The first-order valence-electron chi connectivity index (χ1n) is 3.98. The molecule has 0 atom stereocenters. The molecule has 0 saturated heterocycles. The van der Waals surface area contributed by atoms with Gasteiger partial charge in [-0.05, 0) is 25.5 Å². The lowest BCUT2D eigenvalue weighted by atomic mass is 10.1. The van der Waals surface area contributed by atoms with Gasteiger partial charge in [0, 0.05) is 0 Å². The number of carbonyl (C=O) groups excluding carboxylic acids is 1. The summed E-state index contributed by atoms with van der Waals surface area (Å²) in [4.78, 5) is 10.4. The highest BCUT2D eigenvalue weighted by Gasteiger charge is 1.97. The van der Waals surface area contributed by atoms with Crippen LogP contribution in [-0.2, 0) is 0 Å². The molecule has 0 spiro atoms. The molecule has 5 heteroatoms. The molecule has 14 heavy (non-hydrogen) atoms. The van der Waals surface area contributed by atoms with Gasteiger partial charge >= 0.3 is 6.03 Å². The molecule has 1 aromatic carbocycles. The van der Waals surface area contributed by atoms with Crippen molar-refractivity contribution in [2.24, 2.45) is 5.73 Å². The van der Waals surface area contributed by atoms with Gasteiger partial charge in [0.05, 0.1) is 5.69 Å². The summed E-state index contributed by atoms with van der Waals surface area (Å²) in [6.07, 6.45) is 0. The van der Waals surface area contributed by atoms with Crippen LogP contribution in [0.5, 0.6) is 0 Å². The van der Waals surface area contributed by atoms with Crippen LogP contribution in [0, 0.1) is 13.8 Å². The number of nitrogens with two attached hydrogens (primary N) is 1. The van der Waals surface area contributed by atoms with Crippen molar-refractivity contribution in [1.29, 1.82) is 0 Å². The molecule has 0 aliphatic carbocycles. The van der Waals surface area contributed by atoms with Gasteiger partial charge < -0.3 is 5.73 Å². The monoisotopic (exact) mass is 215 g/mol. The number of amides is 2. The van der Waals surface area contributed by atoms with Crippen LogP contribution in [0.4, 0.5) is 10.5 Å². The van der Waals surface area contributed by atoms with Crippen LogP contribution in [0.1, 0.15) is 11.1 Å². The number of hydrazine groups is 1. The van der Waals surface area contributed by atoms with E-state index in [4.69, 9.17) is 5.73 Å². The van der Waals surface area contributed by atoms with Crippen molar-refractivity contribution in [3.63, 3.8) is 0 Å². The maximum atomic E-state index is 10.4. The Hall–Kier alpha value is -1.42. The normalized spacial score (nSPS) is 8.71. The number of anilines is 1. The van der Waals surface area contributed by atoms with Gasteiger partial charge in [0.25, 0.3) is 0 Å². The number of benzene rings is 1. The van der Waals surface area contributed by atoms with Gasteiger partial charge in [-0.1, -0.05) is 17.7 Å². The van der Waals surface area contributed by atoms with Gasteiger partial charge in [-0.3, -0.25) is 10.9 Å². The predicted octanol–water partition coefficient (Wildman–Crippen LogP) is 1.72. The minimum Gasteiger partial charge on any atom is -0.350 e. The molecular weight excluding hydrogens is 202 g/mol. The second kappa shape index (κ2) is 5.34. The number of halogens is 1. The predicted molar refractivity (Wildman–Crippen MR) is 59.5 cm³/mol. The summed E-state index contributed by atoms with van der Waals surface area (Å²) in [6, 6.07) is 5.27. The lowest BCUT2D eigenvalue weighted by Crippen LogP contribution is -2.34. The first-order chi connectivity index (χ1) is 6.09. The average molecular weight is 216 g/mol. The molecule has 0 aliphatic rings. The third-order valence-corrected chi connectivity index (χ3v) is 1.70. The largest absolute Gasteiger partial charge is 0.350 e. The fraction of sp³-hybridized carbons (Fsp3) is 0.222. The van der Waals surface area contributed by atoms with Gasteiger partial charge in [-0.25, -0.2) is 4.79 Å². The van der Waals surface area contributed by atoms with Crippen LogP contribution in [0.3, 0.4) is 0 Å². The Morgan fingerprint density at radius 3 is 2.50 bits per heavy atom. The zero-order valence-corrected chi connectivity index (χ0v) is 8.94. The lowest BCUT2D eigenvalue weighted by molar-refractivity contribution is 0.250. The molecule has 0 aromatic heterocycles. The molecule has 0 saturated carbocycles. The highest BCUT2D eigenvalue weighted by Crippen LogP contribution is 2.14. The first-order valence-corrected chi connectivity index (χ1v) is 3.98. The first kappa shape index (κ1) is 12.6. The van der Waals surface area contributed by atoms with Crippen LogP contribution in [0.2, 0.25) is 0 Å². The lowest BCUT2D eigenvalue weighted by Gasteiger charge is -2.09. The van der Waals surface area contributed by atoms with Crippen LogP contribution < -0.4 is 16.6 Å². The van der Waals surface area contributed by atoms with E-state index in [0.717, 1.165) is 11.3 Å². The Bertz CT molecular complexity index is 328. The Balaban J connectivity index is 0.00000169. The van der Waals surface area contributed by atoms with Crippen molar-refractivity contribution >= 4 is 24.1 Å². The van der Waals surface area contributed by atoms with E-state index in [9.17, 15) is 4.79 Å². The summed E-state index contributed by atoms with van der Waals surface area (Å²) in [5.41, 5.74) is 13.0. The Labute approximate surface area is 89.3 Å². The van der Waals surface area contributed by atoms with Crippen LogP contribution >= 0.6 is 12.4 Å². The number of carbonyl (C=O) groups is 1. The van der Waals surface area contributed by atoms with Crippen LogP contribution in [-0.4, -0.2) is 6.03 Å². The topological polar surface area (TPSA) is 67.2 Å². The number of hydrogen-bond acceptors (Lipinski definition) is 2. The Morgan fingerprint density at radius 1 is 1.36 bits per heavy atom. The second-order valence-electron chi connectivity index (χ2n) is 2.93. The molecule has 0 unspecified atom stereocenters. The smallest absolute Gasteiger partial charge is 0.330 e. The fourth-order valence-electron chi connectivity index (χ4n) is 1.08. The van der Waals surface area contributed by atoms with E-state index < -0.39 is 6.03 Å². The Morgan fingerprint density at radius 2 is 2.00 bits per heavy atom. The van der Waals surface area contributed by atoms with Crippen LogP contribution in [0.25, 0.3) is 0 Å². The molecule has 0 fully saturated rings. The maximum Gasteiger partial charge on any atom is 0.330 e. The van der Waals surface area contributed by atoms with E-state index in [0.29, 0.717) is 0 Å². The van der Waals surface area contributed by atoms with Crippen molar-refractivity contribution in [2.45, 2.75) is 13.8 Å². The minimum absolute atomic E-state index is 0. The highest BCUT2D eigenvalue weighted by atomic mass is 35.5. The molecule has 0 aliphatic heterocycles. The number of primary amides is 1. The molecule has 4 N–H and O–H groups in total. The van der Waals surface area contributed by atoms with Gasteiger partial charge in [-0.15, -0.1) is 12.4 Å².